The first-order valence-corrected chi connectivity index (χ1v) is 7.06. The van der Waals surface area contributed by atoms with Crippen molar-refractivity contribution in [3.63, 3.8) is 0 Å². The first-order valence-electron chi connectivity index (χ1n) is 5.57. The smallest absolute Gasteiger partial charge is 0.339 e. The van der Waals surface area contributed by atoms with Gasteiger partial charge in [0.2, 0.25) is 0 Å². The van der Waals surface area contributed by atoms with Gasteiger partial charge in [0, 0.05) is 6.07 Å². The van der Waals surface area contributed by atoms with E-state index in [0.29, 0.717) is 5.76 Å². The highest BCUT2D eigenvalue weighted by Gasteiger charge is 2.23. The maximum Gasteiger partial charge on any atom is 0.339 e. The minimum atomic E-state index is -3.96. The molecule has 0 bridgehead atoms. The highest BCUT2D eigenvalue weighted by molar-refractivity contribution is 7.92. The van der Waals surface area contributed by atoms with E-state index in [2.05, 4.69) is 14.6 Å². The number of methoxy groups -OCH3 is 1. The lowest BCUT2D eigenvalue weighted by atomic mass is 10.2. The molecule has 0 aliphatic rings. The van der Waals surface area contributed by atoms with Crippen molar-refractivity contribution in [3.05, 3.63) is 41.7 Å². The molecule has 0 aliphatic heterocycles. The number of hydrogen-bond acceptors (Lipinski definition) is 6. The lowest BCUT2D eigenvalue weighted by Crippen LogP contribution is -2.17. The Kier molecular flexibility index (Phi) is 3.75. The number of ether oxygens (including phenoxy) is 1. The molecule has 1 N–H and O–H groups in total. The third-order valence-electron chi connectivity index (χ3n) is 2.45. The van der Waals surface area contributed by atoms with Crippen molar-refractivity contribution in [1.82, 2.24) is 5.16 Å². The Morgan fingerprint density at radius 1 is 1.35 bits per heavy atom. The highest BCUT2D eigenvalue weighted by atomic mass is 32.2. The fourth-order valence-electron chi connectivity index (χ4n) is 1.59. The predicted molar refractivity (Wildman–Crippen MR) is 69.8 cm³/mol. The molecule has 106 valence electrons. The van der Waals surface area contributed by atoms with Crippen molar-refractivity contribution in [2.45, 2.75) is 11.8 Å². The number of esters is 1. The van der Waals surface area contributed by atoms with Gasteiger partial charge in [0.1, 0.15) is 10.7 Å². The summed E-state index contributed by atoms with van der Waals surface area (Å²) in [5, 5.41) is 3.54. The number of nitrogens with one attached hydrogen (secondary N) is 1. The largest absolute Gasteiger partial charge is 0.465 e. The standard InChI is InChI=1S/C12H12N2O5S/c1-8-7-11(13-19-8)14-20(16,17)10-6-4-3-5-9(10)12(15)18-2/h3-7H,1-2H3,(H,13,14). The lowest BCUT2D eigenvalue weighted by Gasteiger charge is -2.08. The van der Waals surface area contributed by atoms with Crippen LogP contribution in [0.4, 0.5) is 5.82 Å². The molecule has 7 nitrogen and oxygen atoms in total. The summed E-state index contributed by atoms with van der Waals surface area (Å²) in [6, 6.07) is 7.16. The number of benzene rings is 1. The summed E-state index contributed by atoms with van der Waals surface area (Å²) in [4.78, 5) is 11.4. The maximum absolute atomic E-state index is 12.3. The maximum atomic E-state index is 12.3. The number of hydrogen-bond donors (Lipinski definition) is 1. The molecule has 0 radical (unpaired) electrons. The summed E-state index contributed by atoms with van der Waals surface area (Å²) in [5.41, 5.74) is -0.0530. The molecule has 2 aromatic rings. The zero-order valence-electron chi connectivity index (χ0n) is 10.8. The first-order chi connectivity index (χ1) is 9.44. The van der Waals surface area contributed by atoms with Gasteiger partial charge in [0.25, 0.3) is 10.0 Å². The summed E-state index contributed by atoms with van der Waals surface area (Å²) < 4.78 is 36.1. The van der Waals surface area contributed by atoms with Crippen LogP contribution >= 0.6 is 0 Å². The van der Waals surface area contributed by atoms with E-state index >= 15 is 0 Å². The second-order valence-electron chi connectivity index (χ2n) is 3.92. The van der Waals surface area contributed by atoms with E-state index in [-0.39, 0.29) is 16.3 Å². The van der Waals surface area contributed by atoms with Crippen LogP contribution in [0.25, 0.3) is 0 Å². The Balaban J connectivity index is 2.42. The normalized spacial score (nSPS) is 11.1. The minimum absolute atomic E-state index is 0.0437. The average molecular weight is 296 g/mol. The van der Waals surface area contributed by atoms with Crippen LogP contribution in [0.1, 0.15) is 16.1 Å². The zero-order chi connectivity index (χ0) is 14.8. The van der Waals surface area contributed by atoms with Crippen molar-refractivity contribution >= 4 is 21.8 Å². The molecular weight excluding hydrogens is 284 g/mol. The number of carbonyl (C=O) groups is 1. The van der Waals surface area contributed by atoms with Gasteiger partial charge in [-0.25, -0.2) is 13.2 Å². The van der Waals surface area contributed by atoms with Gasteiger partial charge in [-0.15, -0.1) is 0 Å². The predicted octanol–water partition coefficient (Wildman–Crippen LogP) is 1.57. The summed E-state index contributed by atoms with van der Waals surface area (Å²) in [6.45, 7) is 1.63. The summed E-state index contributed by atoms with van der Waals surface area (Å²) >= 11 is 0. The molecule has 0 unspecified atom stereocenters. The van der Waals surface area contributed by atoms with E-state index in [1.54, 1.807) is 13.0 Å². The fraction of sp³-hybridized carbons (Fsp3) is 0.167. The van der Waals surface area contributed by atoms with Crippen LogP contribution in [-0.4, -0.2) is 26.7 Å². The Bertz CT molecular complexity index is 736. The number of nitrogens with zero attached hydrogens (tertiary/aromatic N) is 1. The molecule has 8 heteroatoms. The number of aromatic nitrogens is 1. The second kappa shape index (κ2) is 5.33. The van der Waals surface area contributed by atoms with Crippen molar-refractivity contribution in [3.8, 4) is 0 Å². The molecule has 0 saturated carbocycles. The Hall–Kier alpha value is -2.35. The van der Waals surface area contributed by atoms with Crippen LogP contribution in [0.2, 0.25) is 0 Å². The van der Waals surface area contributed by atoms with Crippen LogP contribution in [0.3, 0.4) is 0 Å². The number of sulfonamides is 1. The van der Waals surface area contributed by atoms with Gasteiger partial charge in [-0.2, -0.15) is 0 Å². The minimum Gasteiger partial charge on any atom is -0.465 e. The van der Waals surface area contributed by atoms with Crippen LogP contribution in [0.15, 0.2) is 39.8 Å². The molecule has 0 spiro atoms. The molecular formula is C12H12N2O5S. The molecule has 0 atom stereocenters. The molecule has 1 aromatic carbocycles. The highest BCUT2D eigenvalue weighted by Crippen LogP contribution is 2.20. The van der Waals surface area contributed by atoms with Gasteiger partial charge in [-0.1, -0.05) is 17.3 Å². The monoisotopic (exact) mass is 296 g/mol. The van der Waals surface area contributed by atoms with Gasteiger partial charge < -0.3 is 9.26 Å². The quantitative estimate of drug-likeness (QED) is 0.860. The Morgan fingerprint density at radius 2 is 2.05 bits per heavy atom. The molecule has 0 fully saturated rings. The summed E-state index contributed by atoms with van der Waals surface area (Å²) in [5.74, 6) is -0.228. The van der Waals surface area contributed by atoms with Crippen LogP contribution in [-0.2, 0) is 14.8 Å². The zero-order valence-corrected chi connectivity index (χ0v) is 11.6. The van der Waals surface area contributed by atoms with Gasteiger partial charge in [0.15, 0.2) is 5.82 Å². The van der Waals surface area contributed by atoms with Crippen LogP contribution < -0.4 is 4.72 Å². The van der Waals surface area contributed by atoms with E-state index < -0.39 is 16.0 Å². The molecule has 0 aliphatic carbocycles. The van der Waals surface area contributed by atoms with E-state index in [4.69, 9.17) is 4.52 Å². The molecule has 1 heterocycles. The lowest BCUT2D eigenvalue weighted by molar-refractivity contribution is 0.0596. The van der Waals surface area contributed by atoms with Crippen LogP contribution in [0.5, 0.6) is 0 Å². The number of carbonyl (C=O) groups excluding carboxylic acids is 1. The molecule has 1 aromatic heterocycles. The Labute approximate surface area is 115 Å². The summed E-state index contributed by atoms with van der Waals surface area (Å²) in [7, 11) is -2.78. The SMILES string of the molecule is COC(=O)c1ccccc1S(=O)(=O)Nc1cc(C)on1. The van der Waals surface area contributed by atoms with Crippen molar-refractivity contribution in [1.29, 1.82) is 0 Å². The van der Waals surface area contributed by atoms with Gasteiger partial charge in [0.05, 0.1) is 12.7 Å². The van der Waals surface area contributed by atoms with E-state index in [1.807, 2.05) is 0 Å². The van der Waals surface area contributed by atoms with Crippen LogP contribution in [0, 0.1) is 6.92 Å². The molecule has 2 rings (SSSR count). The Morgan fingerprint density at radius 3 is 2.65 bits per heavy atom. The number of anilines is 1. The third-order valence-corrected chi connectivity index (χ3v) is 3.86. The van der Waals surface area contributed by atoms with E-state index in [9.17, 15) is 13.2 Å². The average Bonchev–Trinajstić information content (AvgIpc) is 2.82. The molecule has 20 heavy (non-hydrogen) atoms. The van der Waals surface area contributed by atoms with Gasteiger partial charge >= 0.3 is 5.97 Å². The van der Waals surface area contributed by atoms with E-state index in [0.717, 1.165) is 0 Å². The number of aryl methyl sites for hydroxylation is 1. The van der Waals surface area contributed by atoms with Gasteiger partial charge in [-0.3, -0.25) is 4.72 Å². The van der Waals surface area contributed by atoms with Crippen molar-refractivity contribution in [2.24, 2.45) is 0 Å². The van der Waals surface area contributed by atoms with Crippen molar-refractivity contribution < 1.29 is 22.5 Å². The van der Waals surface area contributed by atoms with Gasteiger partial charge in [-0.05, 0) is 19.1 Å². The summed E-state index contributed by atoms with van der Waals surface area (Å²) in [6.07, 6.45) is 0. The van der Waals surface area contributed by atoms with E-state index in [1.165, 1.54) is 31.4 Å². The first kappa shape index (κ1) is 14.1. The second-order valence-corrected chi connectivity index (χ2v) is 5.57. The van der Waals surface area contributed by atoms with Crippen molar-refractivity contribution in [2.75, 3.05) is 11.8 Å². The third kappa shape index (κ3) is 2.80. The molecule has 0 amide bonds. The topological polar surface area (TPSA) is 98.5 Å². The molecule has 0 saturated heterocycles. The number of rotatable bonds is 4. The fourth-order valence-corrected chi connectivity index (χ4v) is 2.77.